The van der Waals surface area contributed by atoms with Gasteiger partial charge in [0.05, 0.1) is 17.5 Å². The van der Waals surface area contributed by atoms with Gasteiger partial charge in [0.2, 0.25) is 0 Å². The number of hydrogen-bond acceptors (Lipinski definition) is 2. The third kappa shape index (κ3) is 2.07. The van der Waals surface area contributed by atoms with Gasteiger partial charge in [-0.3, -0.25) is 4.79 Å². The summed E-state index contributed by atoms with van der Waals surface area (Å²) in [6, 6.07) is 3.97. The van der Waals surface area contributed by atoms with Crippen LogP contribution < -0.4 is 4.74 Å². The zero-order valence-electron chi connectivity index (χ0n) is 9.00. The van der Waals surface area contributed by atoms with Crippen molar-refractivity contribution in [2.45, 2.75) is 19.3 Å². The van der Waals surface area contributed by atoms with E-state index in [1.54, 1.807) is 7.11 Å². The van der Waals surface area contributed by atoms with Gasteiger partial charge >= 0.3 is 5.97 Å². The summed E-state index contributed by atoms with van der Waals surface area (Å²) in [5.41, 5.74) is 2.32. The van der Waals surface area contributed by atoms with E-state index in [0.29, 0.717) is 6.42 Å². The minimum absolute atomic E-state index is 0.251. The molecule has 1 N–H and O–H groups in total. The summed E-state index contributed by atoms with van der Waals surface area (Å²) in [7, 11) is 1.62. The predicted molar refractivity (Wildman–Crippen MR) is 63.8 cm³/mol. The van der Waals surface area contributed by atoms with E-state index in [-0.39, 0.29) is 5.92 Å². The van der Waals surface area contributed by atoms with Crippen molar-refractivity contribution < 1.29 is 14.6 Å². The zero-order valence-corrected chi connectivity index (χ0v) is 10.6. The molecular formula is C12H13BrO3. The number of aliphatic carboxylic acids is 1. The predicted octanol–water partition coefficient (Wildman–Crippen LogP) is 2.65. The molecule has 0 radical (unpaired) electrons. The number of carboxylic acids is 1. The summed E-state index contributed by atoms with van der Waals surface area (Å²) >= 11 is 3.44. The van der Waals surface area contributed by atoms with Crippen molar-refractivity contribution >= 4 is 21.9 Å². The summed E-state index contributed by atoms with van der Waals surface area (Å²) in [5.74, 6) is -0.185. The van der Waals surface area contributed by atoms with Crippen molar-refractivity contribution in [3.05, 3.63) is 27.7 Å². The van der Waals surface area contributed by atoms with Crippen LogP contribution in [0.25, 0.3) is 0 Å². The third-order valence-corrected chi connectivity index (χ3v) is 3.67. The highest BCUT2D eigenvalue weighted by atomic mass is 79.9. The highest BCUT2D eigenvalue weighted by Crippen LogP contribution is 2.34. The van der Waals surface area contributed by atoms with Crippen LogP contribution in [0.3, 0.4) is 0 Å². The Morgan fingerprint density at radius 3 is 2.88 bits per heavy atom. The topological polar surface area (TPSA) is 46.5 Å². The molecule has 3 nitrogen and oxygen atoms in total. The van der Waals surface area contributed by atoms with Crippen molar-refractivity contribution in [2.24, 2.45) is 5.92 Å². The largest absolute Gasteiger partial charge is 0.496 e. The number of fused-ring (bicyclic) bond motifs is 1. The van der Waals surface area contributed by atoms with Crippen LogP contribution in [0.5, 0.6) is 5.75 Å². The van der Waals surface area contributed by atoms with Crippen molar-refractivity contribution in [3.63, 3.8) is 0 Å². The normalized spacial score (nSPS) is 19.0. The molecule has 0 heterocycles. The highest BCUT2D eigenvalue weighted by molar-refractivity contribution is 9.10. The lowest BCUT2D eigenvalue weighted by atomic mass is 9.84. The van der Waals surface area contributed by atoms with E-state index in [4.69, 9.17) is 9.84 Å². The molecule has 2 rings (SSSR count). The first-order valence-corrected chi connectivity index (χ1v) is 5.99. The zero-order chi connectivity index (χ0) is 11.7. The van der Waals surface area contributed by atoms with E-state index in [1.807, 2.05) is 12.1 Å². The average molecular weight is 285 g/mol. The Labute approximate surface area is 103 Å². The highest BCUT2D eigenvalue weighted by Gasteiger charge is 2.25. The molecule has 16 heavy (non-hydrogen) atoms. The monoisotopic (exact) mass is 284 g/mol. The van der Waals surface area contributed by atoms with Gasteiger partial charge in [0.1, 0.15) is 5.75 Å². The molecule has 0 fully saturated rings. The Balaban J connectivity index is 2.34. The summed E-state index contributed by atoms with van der Waals surface area (Å²) in [4.78, 5) is 10.9. The minimum Gasteiger partial charge on any atom is -0.496 e. The molecule has 0 aliphatic heterocycles. The van der Waals surface area contributed by atoms with Crippen molar-refractivity contribution in [1.82, 2.24) is 0 Å². The molecule has 4 heteroatoms. The number of halogens is 1. The van der Waals surface area contributed by atoms with Gasteiger partial charge in [-0.15, -0.1) is 0 Å². The maximum absolute atomic E-state index is 10.9. The second-order valence-electron chi connectivity index (χ2n) is 4.03. The van der Waals surface area contributed by atoms with Gasteiger partial charge < -0.3 is 9.84 Å². The van der Waals surface area contributed by atoms with Gasteiger partial charge in [0.15, 0.2) is 0 Å². The van der Waals surface area contributed by atoms with Gasteiger partial charge in [0, 0.05) is 0 Å². The van der Waals surface area contributed by atoms with Crippen LogP contribution in [0.15, 0.2) is 16.6 Å². The maximum atomic E-state index is 10.9. The molecule has 0 amide bonds. The molecule has 0 spiro atoms. The number of hydrogen-bond donors (Lipinski definition) is 1. The number of aryl methyl sites for hydroxylation is 1. The fourth-order valence-corrected chi connectivity index (χ4v) is 2.68. The minimum atomic E-state index is -0.701. The van der Waals surface area contributed by atoms with Gasteiger partial charge in [0.25, 0.3) is 0 Å². The van der Waals surface area contributed by atoms with Crippen LogP contribution in [0.2, 0.25) is 0 Å². The average Bonchev–Trinajstić information content (AvgIpc) is 2.27. The Hall–Kier alpha value is -1.03. The first kappa shape index (κ1) is 11.5. The van der Waals surface area contributed by atoms with Crippen LogP contribution >= 0.6 is 15.9 Å². The van der Waals surface area contributed by atoms with Crippen molar-refractivity contribution in [1.29, 1.82) is 0 Å². The van der Waals surface area contributed by atoms with Crippen LogP contribution in [0, 0.1) is 5.92 Å². The number of carboxylic acid groups (broad SMARTS) is 1. The first-order chi connectivity index (χ1) is 7.61. The van der Waals surface area contributed by atoms with Crippen LogP contribution in [-0.4, -0.2) is 18.2 Å². The Kier molecular flexibility index (Phi) is 3.19. The smallest absolute Gasteiger partial charge is 0.306 e. The van der Waals surface area contributed by atoms with Crippen LogP contribution in [0.4, 0.5) is 0 Å². The van der Waals surface area contributed by atoms with Crippen LogP contribution in [0.1, 0.15) is 17.5 Å². The molecule has 86 valence electrons. The molecule has 0 saturated carbocycles. The number of ether oxygens (including phenoxy) is 1. The van der Waals surface area contributed by atoms with Gasteiger partial charge in [-0.2, -0.15) is 0 Å². The second kappa shape index (κ2) is 4.45. The van der Waals surface area contributed by atoms with E-state index in [0.717, 1.165) is 28.6 Å². The number of carbonyl (C=O) groups is 1. The SMILES string of the molecule is COc1cc2c(cc1Br)CCC(C(=O)O)C2. The quantitative estimate of drug-likeness (QED) is 0.908. The van der Waals surface area contributed by atoms with Gasteiger partial charge in [-0.25, -0.2) is 0 Å². The standard InChI is InChI=1S/C12H13BrO3/c1-16-11-6-9-4-8(12(14)15)3-2-7(9)5-10(11)13/h5-6,8H,2-4H2,1H3,(H,14,15). The lowest BCUT2D eigenvalue weighted by molar-refractivity contribution is -0.142. The molecule has 1 aliphatic carbocycles. The molecule has 0 saturated heterocycles. The van der Waals surface area contributed by atoms with E-state index in [1.165, 1.54) is 5.56 Å². The van der Waals surface area contributed by atoms with Crippen molar-refractivity contribution in [3.8, 4) is 5.75 Å². The number of methoxy groups -OCH3 is 1. The first-order valence-electron chi connectivity index (χ1n) is 5.20. The molecule has 1 aromatic rings. The van der Waals surface area contributed by atoms with Gasteiger partial charge in [-0.1, -0.05) is 0 Å². The summed E-state index contributed by atoms with van der Waals surface area (Å²) in [6.45, 7) is 0. The van der Waals surface area contributed by atoms with Crippen molar-refractivity contribution in [2.75, 3.05) is 7.11 Å². The molecule has 1 aliphatic rings. The lowest BCUT2D eigenvalue weighted by Crippen LogP contribution is -2.22. The fraction of sp³-hybridized carbons (Fsp3) is 0.417. The second-order valence-corrected chi connectivity index (χ2v) is 4.89. The Morgan fingerprint density at radius 2 is 2.25 bits per heavy atom. The fourth-order valence-electron chi connectivity index (χ4n) is 2.12. The van der Waals surface area contributed by atoms with E-state index >= 15 is 0 Å². The Morgan fingerprint density at radius 1 is 1.50 bits per heavy atom. The van der Waals surface area contributed by atoms with E-state index in [9.17, 15) is 4.79 Å². The van der Waals surface area contributed by atoms with Gasteiger partial charge in [-0.05, 0) is 58.5 Å². The van der Waals surface area contributed by atoms with Crippen LogP contribution in [-0.2, 0) is 17.6 Å². The molecular weight excluding hydrogens is 272 g/mol. The molecule has 0 aromatic heterocycles. The molecule has 1 unspecified atom stereocenters. The lowest BCUT2D eigenvalue weighted by Gasteiger charge is -2.22. The Bertz CT molecular complexity index is 429. The number of benzene rings is 1. The summed E-state index contributed by atoms with van der Waals surface area (Å²) in [6.07, 6.45) is 2.16. The van der Waals surface area contributed by atoms with E-state index in [2.05, 4.69) is 15.9 Å². The number of rotatable bonds is 2. The molecule has 1 atom stereocenters. The van der Waals surface area contributed by atoms with E-state index < -0.39 is 5.97 Å². The molecule has 0 bridgehead atoms. The summed E-state index contributed by atoms with van der Waals surface area (Å²) in [5, 5.41) is 9.00. The molecule has 1 aromatic carbocycles. The summed E-state index contributed by atoms with van der Waals surface area (Å²) < 4.78 is 6.15. The maximum Gasteiger partial charge on any atom is 0.306 e. The third-order valence-electron chi connectivity index (χ3n) is 3.05.